The third-order valence-corrected chi connectivity index (χ3v) is 4.35. The molecular weight excluding hydrogens is 291 g/mol. The van der Waals surface area contributed by atoms with Crippen LogP contribution < -0.4 is 51.4 Å². The summed E-state index contributed by atoms with van der Waals surface area (Å²) in [4.78, 5) is 4.43. The van der Waals surface area contributed by atoms with Gasteiger partial charge in [0.15, 0.2) is 0 Å². The summed E-state index contributed by atoms with van der Waals surface area (Å²) in [6, 6.07) is 0.584. The smallest absolute Gasteiger partial charge is 0.445 e. The maximum atomic E-state index is 12.5. The molecule has 20 heavy (non-hydrogen) atoms. The molecule has 0 aromatic rings. The fraction of sp³-hybridized carbons (Fsp3) is 0.846. The molecule has 7 heteroatoms. The van der Waals surface area contributed by atoms with Crippen molar-refractivity contribution in [1.82, 2.24) is 9.80 Å². The predicted octanol–water partition coefficient (Wildman–Crippen LogP) is -0.116. The standard InChI is InChI=1S/C13H23BF3N2.K/c1-12(14(15,16)17)11-18-9-5-13(6-10-18)19-7-3-2-4-8-19;/h13H,1-11H2;/q-1;+1. The van der Waals surface area contributed by atoms with Crippen LogP contribution in [0.1, 0.15) is 32.1 Å². The average molecular weight is 314 g/mol. The number of likely N-dealkylation sites (tertiary alicyclic amines) is 2. The summed E-state index contributed by atoms with van der Waals surface area (Å²) in [5.74, 6) is 0. The van der Waals surface area contributed by atoms with Gasteiger partial charge in [-0.1, -0.05) is 6.42 Å². The molecule has 0 aliphatic carbocycles. The van der Waals surface area contributed by atoms with Gasteiger partial charge in [0.2, 0.25) is 0 Å². The molecule has 2 rings (SSSR count). The van der Waals surface area contributed by atoms with Crippen molar-refractivity contribution in [2.45, 2.75) is 38.1 Å². The number of hydrogen-bond acceptors (Lipinski definition) is 2. The van der Waals surface area contributed by atoms with E-state index in [1.807, 2.05) is 4.90 Å². The summed E-state index contributed by atoms with van der Waals surface area (Å²) in [7, 11) is 0. The summed E-state index contributed by atoms with van der Waals surface area (Å²) in [6.07, 6.45) is 5.86. The van der Waals surface area contributed by atoms with E-state index in [2.05, 4.69) is 11.5 Å². The van der Waals surface area contributed by atoms with Gasteiger partial charge in [-0.25, -0.2) is 0 Å². The van der Waals surface area contributed by atoms with E-state index in [0.29, 0.717) is 6.04 Å². The quantitative estimate of drug-likeness (QED) is 0.668. The van der Waals surface area contributed by atoms with Crippen molar-refractivity contribution >= 4 is 6.98 Å². The first kappa shape index (κ1) is 19.2. The van der Waals surface area contributed by atoms with Crippen molar-refractivity contribution in [2.24, 2.45) is 0 Å². The summed E-state index contributed by atoms with van der Waals surface area (Å²) >= 11 is 0. The Morgan fingerprint density at radius 3 is 2.05 bits per heavy atom. The van der Waals surface area contributed by atoms with E-state index in [1.165, 1.54) is 32.4 Å². The normalized spacial score (nSPS) is 23.4. The molecule has 2 aliphatic rings. The van der Waals surface area contributed by atoms with Crippen molar-refractivity contribution in [3.8, 4) is 0 Å². The Balaban J connectivity index is 0.00000200. The van der Waals surface area contributed by atoms with E-state index in [1.54, 1.807) is 0 Å². The molecule has 0 saturated carbocycles. The van der Waals surface area contributed by atoms with E-state index in [4.69, 9.17) is 0 Å². The van der Waals surface area contributed by atoms with Crippen molar-refractivity contribution in [3.05, 3.63) is 12.1 Å². The molecule has 2 nitrogen and oxygen atoms in total. The minimum absolute atomic E-state index is 0. The van der Waals surface area contributed by atoms with Gasteiger partial charge in [-0.05, 0) is 58.4 Å². The van der Waals surface area contributed by atoms with Crippen LogP contribution >= 0.6 is 0 Å². The molecule has 0 aromatic carbocycles. The van der Waals surface area contributed by atoms with Gasteiger partial charge in [0, 0.05) is 6.04 Å². The average Bonchev–Trinajstić information content (AvgIpc) is 2.39. The van der Waals surface area contributed by atoms with Crippen LogP contribution in [0.2, 0.25) is 0 Å². The largest absolute Gasteiger partial charge is 1.00 e. The van der Waals surface area contributed by atoms with Gasteiger partial charge in [0.25, 0.3) is 0 Å². The van der Waals surface area contributed by atoms with Gasteiger partial charge in [-0.15, -0.1) is 12.1 Å². The van der Waals surface area contributed by atoms with Crippen LogP contribution in [-0.2, 0) is 0 Å². The maximum absolute atomic E-state index is 12.5. The Kier molecular flexibility index (Phi) is 8.35. The topological polar surface area (TPSA) is 6.48 Å². The van der Waals surface area contributed by atoms with Crippen molar-refractivity contribution in [1.29, 1.82) is 0 Å². The molecular formula is C13H23BF3KN2. The Hall–Kier alpha value is 1.15. The van der Waals surface area contributed by atoms with Gasteiger partial charge in [-0.2, -0.15) is 0 Å². The number of halogens is 3. The molecule has 0 spiro atoms. The fourth-order valence-corrected chi connectivity index (χ4v) is 3.12. The summed E-state index contributed by atoms with van der Waals surface area (Å²) < 4.78 is 37.5. The van der Waals surface area contributed by atoms with Gasteiger partial charge in [-0.3, -0.25) is 0 Å². The second-order valence-corrected chi connectivity index (χ2v) is 5.84. The monoisotopic (exact) mass is 314 g/mol. The molecule has 2 saturated heterocycles. The molecule has 0 unspecified atom stereocenters. The molecule has 0 N–H and O–H groups in total. The zero-order valence-electron chi connectivity index (χ0n) is 12.5. The Morgan fingerprint density at radius 1 is 1.00 bits per heavy atom. The summed E-state index contributed by atoms with van der Waals surface area (Å²) in [5, 5.41) is 0. The zero-order valence-corrected chi connectivity index (χ0v) is 15.6. The van der Waals surface area contributed by atoms with Gasteiger partial charge >= 0.3 is 58.4 Å². The van der Waals surface area contributed by atoms with Crippen LogP contribution in [0, 0.1) is 0 Å². The SMILES string of the molecule is C=C(CN1CCC(N2CCCCC2)CC1)[B-](F)(F)F.[K+]. The van der Waals surface area contributed by atoms with Crippen LogP contribution in [0.15, 0.2) is 12.1 Å². The molecule has 2 aliphatic heterocycles. The van der Waals surface area contributed by atoms with Crippen LogP contribution in [-0.4, -0.2) is 55.5 Å². The van der Waals surface area contributed by atoms with Gasteiger partial charge < -0.3 is 22.7 Å². The molecule has 0 atom stereocenters. The van der Waals surface area contributed by atoms with Gasteiger partial charge in [0.1, 0.15) is 0 Å². The third kappa shape index (κ3) is 5.74. The first-order valence-corrected chi connectivity index (χ1v) is 7.31. The number of piperidine rings is 2. The second kappa shape index (κ2) is 8.70. The van der Waals surface area contributed by atoms with Crippen LogP contribution in [0.3, 0.4) is 0 Å². The molecule has 0 radical (unpaired) electrons. The Bertz CT molecular complexity index is 311. The van der Waals surface area contributed by atoms with Crippen LogP contribution in [0.25, 0.3) is 0 Å². The predicted molar refractivity (Wildman–Crippen MR) is 73.1 cm³/mol. The van der Waals surface area contributed by atoms with Crippen LogP contribution in [0.5, 0.6) is 0 Å². The second-order valence-electron chi connectivity index (χ2n) is 5.84. The molecule has 0 amide bonds. The maximum Gasteiger partial charge on any atom is 1.00 e. The first-order chi connectivity index (χ1) is 8.97. The third-order valence-electron chi connectivity index (χ3n) is 4.35. The summed E-state index contributed by atoms with van der Waals surface area (Å²) in [6.45, 7) is 2.18. The minimum atomic E-state index is -4.87. The van der Waals surface area contributed by atoms with Crippen molar-refractivity contribution in [2.75, 3.05) is 32.7 Å². The summed E-state index contributed by atoms with van der Waals surface area (Å²) in [5.41, 5.74) is -0.559. The molecule has 0 aromatic heterocycles. The van der Waals surface area contributed by atoms with E-state index < -0.39 is 12.4 Å². The Labute approximate surface area is 162 Å². The fourth-order valence-electron chi connectivity index (χ4n) is 3.12. The Morgan fingerprint density at radius 2 is 1.55 bits per heavy atom. The van der Waals surface area contributed by atoms with E-state index >= 15 is 0 Å². The minimum Gasteiger partial charge on any atom is -0.445 e. The van der Waals surface area contributed by atoms with E-state index in [-0.39, 0.29) is 57.9 Å². The molecule has 110 valence electrons. The van der Waals surface area contributed by atoms with Crippen molar-refractivity contribution in [3.63, 3.8) is 0 Å². The van der Waals surface area contributed by atoms with Gasteiger partial charge in [0.05, 0.1) is 0 Å². The zero-order chi connectivity index (χ0) is 13.9. The van der Waals surface area contributed by atoms with Crippen molar-refractivity contribution < 1.29 is 64.3 Å². The number of hydrogen-bond donors (Lipinski definition) is 0. The number of nitrogens with zero attached hydrogens (tertiary/aromatic N) is 2. The molecule has 2 heterocycles. The van der Waals surface area contributed by atoms with E-state index in [0.717, 1.165) is 25.9 Å². The molecule has 0 bridgehead atoms. The van der Waals surface area contributed by atoms with E-state index in [9.17, 15) is 12.9 Å². The molecule has 2 fully saturated rings. The van der Waals surface area contributed by atoms with Crippen LogP contribution in [0.4, 0.5) is 12.9 Å². The first-order valence-electron chi connectivity index (χ1n) is 7.31. The number of rotatable bonds is 4.